The third kappa shape index (κ3) is 2.45. The number of nitrogens with zero attached hydrogens (tertiary/aromatic N) is 2. The Kier molecular flexibility index (Phi) is 3.40. The minimum atomic E-state index is -2.35. The number of hydrogen-bond acceptors (Lipinski definition) is 4. The molecule has 7 heteroatoms. The molecule has 114 valence electrons. The second-order valence-electron chi connectivity index (χ2n) is 5.19. The Morgan fingerprint density at radius 2 is 2.05 bits per heavy atom. The predicted octanol–water partition coefficient (Wildman–Crippen LogP) is 1.98. The van der Waals surface area contributed by atoms with Crippen LogP contribution in [0.15, 0.2) is 41.3 Å². The maximum atomic E-state index is 14.0. The summed E-state index contributed by atoms with van der Waals surface area (Å²) in [5, 5.41) is 8.86. The van der Waals surface area contributed by atoms with Crippen LogP contribution < -0.4 is 0 Å². The summed E-state index contributed by atoms with van der Waals surface area (Å²) in [7, 11) is 0. The van der Waals surface area contributed by atoms with Crippen LogP contribution in [0.25, 0.3) is 11.3 Å². The van der Waals surface area contributed by atoms with Crippen LogP contribution in [0.1, 0.15) is 16.8 Å². The fraction of sp³-hybridized carbons (Fsp3) is 0.267. The van der Waals surface area contributed by atoms with Crippen molar-refractivity contribution >= 4 is 11.9 Å². The molecular weight excluding hydrogens is 291 g/mol. The molecule has 22 heavy (non-hydrogen) atoms. The lowest BCUT2D eigenvalue weighted by atomic mass is 10.1. The van der Waals surface area contributed by atoms with Crippen LogP contribution in [-0.4, -0.2) is 45.6 Å². The molecule has 1 N–H and O–H groups in total. The van der Waals surface area contributed by atoms with Crippen LogP contribution in [0.2, 0.25) is 0 Å². The second kappa shape index (κ2) is 5.25. The lowest BCUT2D eigenvalue weighted by molar-refractivity contribution is -0.149. The summed E-state index contributed by atoms with van der Waals surface area (Å²) >= 11 is 0. The van der Waals surface area contributed by atoms with Gasteiger partial charge in [0, 0.05) is 24.1 Å². The Morgan fingerprint density at radius 1 is 1.32 bits per heavy atom. The zero-order valence-electron chi connectivity index (χ0n) is 11.5. The first-order valence-corrected chi connectivity index (χ1v) is 6.70. The molecule has 2 aromatic rings. The van der Waals surface area contributed by atoms with Gasteiger partial charge in [0.2, 0.25) is 5.67 Å². The number of aromatic nitrogens is 1. The molecule has 1 aromatic heterocycles. The van der Waals surface area contributed by atoms with Gasteiger partial charge in [-0.15, -0.1) is 0 Å². The standard InChI is InChI=1S/C15H13FN2O4/c16-15(14(20)21)5-6-18(8-15)13(19)11-3-1-10(2-4-11)12-7-17-9-22-12/h1-4,7,9H,5-6,8H2,(H,20,21). The SMILES string of the molecule is O=C(c1ccc(-c2cnco2)cc1)N1CCC(F)(C(=O)O)C1. The minimum Gasteiger partial charge on any atom is -0.479 e. The smallest absolute Gasteiger partial charge is 0.343 e. The van der Waals surface area contributed by atoms with E-state index in [1.54, 1.807) is 30.5 Å². The van der Waals surface area contributed by atoms with Gasteiger partial charge in [0.25, 0.3) is 5.91 Å². The summed E-state index contributed by atoms with van der Waals surface area (Å²) < 4.78 is 19.2. The van der Waals surface area contributed by atoms with Gasteiger partial charge in [-0.05, 0) is 12.1 Å². The number of rotatable bonds is 3. The lowest BCUT2D eigenvalue weighted by Gasteiger charge is -2.17. The number of carboxylic acid groups (broad SMARTS) is 1. The molecule has 6 nitrogen and oxygen atoms in total. The predicted molar refractivity (Wildman–Crippen MR) is 73.9 cm³/mol. The highest BCUT2D eigenvalue weighted by Gasteiger charge is 2.46. The average Bonchev–Trinajstić information content (AvgIpc) is 3.17. The Balaban J connectivity index is 1.75. The molecule has 1 saturated heterocycles. The summed E-state index contributed by atoms with van der Waals surface area (Å²) in [5.74, 6) is -1.33. The van der Waals surface area contributed by atoms with Crippen LogP contribution in [0.4, 0.5) is 4.39 Å². The first-order valence-electron chi connectivity index (χ1n) is 6.70. The van der Waals surface area contributed by atoms with Gasteiger partial charge in [0.15, 0.2) is 12.2 Å². The zero-order chi connectivity index (χ0) is 15.7. The van der Waals surface area contributed by atoms with Gasteiger partial charge >= 0.3 is 5.97 Å². The molecule has 1 atom stereocenters. The Labute approximate surface area is 125 Å². The molecule has 1 aliphatic rings. The van der Waals surface area contributed by atoms with E-state index in [1.165, 1.54) is 11.3 Å². The number of carbonyl (C=O) groups is 2. The number of carboxylic acids is 1. The van der Waals surface area contributed by atoms with Crippen molar-refractivity contribution in [1.29, 1.82) is 0 Å². The maximum absolute atomic E-state index is 14.0. The van der Waals surface area contributed by atoms with Crippen molar-refractivity contribution in [2.75, 3.05) is 13.1 Å². The van der Waals surface area contributed by atoms with E-state index < -0.39 is 18.2 Å². The molecule has 0 bridgehead atoms. The normalized spacial score (nSPS) is 21.0. The third-order valence-corrected chi connectivity index (χ3v) is 3.74. The monoisotopic (exact) mass is 304 g/mol. The van der Waals surface area contributed by atoms with Gasteiger partial charge < -0.3 is 14.4 Å². The number of alkyl halides is 1. The van der Waals surface area contributed by atoms with E-state index in [9.17, 15) is 14.0 Å². The van der Waals surface area contributed by atoms with Crippen LogP contribution in [0.3, 0.4) is 0 Å². The first kappa shape index (κ1) is 14.2. The number of aliphatic carboxylic acids is 1. The molecule has 1 fully saturated rings. The Morgan fingerprint density at radius 3 is 2.59 bits per heavy atom. The van der Waals surface area contributed by atoms with E-state index in [0.29, 0.717) is 11.3 Å². The molecule has 1 unspecified atom stereocenters. The van der Waals surface area contributed by atoms with Gasteiger partial charge in [-0.25, -0.2) is 14.2 Å². The van der Waals surface area contributed by atoms with Crippen molar-refractivity contribution in [2.24, 2.45) is 0 Å². The third-order valence-electron chi connectivity index (χ3n) is 3.74. The van der Waals surface area contributed by atoms with E-state index in [4.69, 9.17) is 9.52 Å². The van der Waals surface area contributed by atoms with Gasteiger partial charge in [-0.1, -0.05) is 12.1 Å². The first-order chi connectivity index (χ1) is 10.5. The minimum absolute atomic E-state index is 0.0888. The second-order valence-corrected chi connectivity index (χ2v) is 5.19. The largest absolute Gasteiger partial charge is 0.479 e. The number of hydrogen-bond donors (Lipinski definition) is 1. The van der Waals surface area contributed by atoms with Crippen molar-refractivity contribution < 1.29 is 23.5 Å². The van der Waals surface area contributed by atoms with Gasteiger partial charge in [-0.2, -0.15) is 0 Å². The quantitative estimate of drug-likeness (QED) is 0.937. The average molecular weight is 304 g/mol. The Hall–Kier alpha value is -2.70. The van der Waals surface area contributed by atoms with Crippen LogP contribution >= 0.6 is 0 Å². The van der Waals surface area contributed by atoms with Crippen LogP contribution in [0, 0.1) is 0 Å². The lowest BCUT2D eigenvalue weighted by Crippen LogP contribution is -2.38. The van der Waals surface area contributed by atoms with Gasteiger partial charge in [0.1, 0.15) is 0 Å². The van der Waals surface area contributed by atoms with Crippen molar-refractivity contribution in [1.82, 2.24) is 9.88 Å². The summed E-state index contributed by atoms with van der Waals surface area (Å²) in [6.45, 7) is -0.337. The highest BCUT2D eigenvalue weighted by atomic mass is 19.1. The Bertz CT molecular complexity index is 699. The fourth-order valence-corrected chi connectivity index (χ4v) is 2.44. The summed E-state index contributed by atoms with van der Waals surface area (Å²) in [6.07, 6.45) is 2.68. The van der Waals surface area contributed by atoms with Gasteiger partial charge in [0.05, 0.1) is 12.7 Å². The van der Waals surface area contributed by atoms with Crippen molar-refractivity contribution in [3.8, 4) is 11.3 Å². The van der Waals surface area contributed by atoms with E-state index in [1.807, 2.05) is 0 Å². The number of likely N-dealkylation sites (tertiary alicyclic amines) is 1. The van der Waals surface area contributed by atoms with Crippen LogP contribution in [-0.2, 0) is 4.79 Å². The molecule has 2 heterocycles. The fourth-order valence-electron chi connectivity index (χ4n) is 2.44. The molecule has 0 saturated carbocycles. The molecular formula is C15H13FN2O4. The maximum Gasteiger partial charge on any atom is 0.343 e. The summed E-state index contributed by atoms with van der Waals surface area (Å²) in [6, 6.07) is 6.59. The highest BCUT2D eigenvalue weighted by Crippen LogP contribution is 2.27. The van der Waals surface area contributed by atoms with Crippen molar-refractivity contribution in [2.45, 2.75) is 12.1 Å². The summed E-state index contributed by atoms with van der Waals surface area (Å²) in [4.78, 5) is 28.2. The van der Waals surface area contributed by atoms with Crippen molar-refractivity contribution in [3.63, 3.8) is 0 Å². The topological polar surface area (TPSA) is 83.6 Å². The number of benzene rings is 1. The molecule has 0 radical (unpaired) electrons. The molecule has 1 amide bonds. The number of halogens is 1. The van der Waals surface area contributed by atoms with E-state index in [2.05, 4.69) is 4.98 Å². The summed E-state index contributed by atoms with van der Waals surface area (Å²) in [5.41, 5.74) is -1.21. The number of carbonyl (C=O) groups excluding carboxylic acids is 1. The molecule has 1 aromatic carbocycles. The molecule has 1 aliphatic heterocycles. The van der Waals surface area contributed by atoms with Crippen LogP contribution in [0.5, 0.6) is 0 Å². The molecule has 0 aliphatic carbocycles. The number of oxazole rings is 1. The number of amides is 1. The molecule has 0 spiro atoms. The zero-order valence-corrected chi connectivity index (χ0v) is 11.5. The van der Waals surface area contributed by atoms with Gasteiger partial charge in [-0.3, -0.25) is 4.79 Å². The van der Waals surface area contributed by atoms with E-state index >= 15 is 0 Å². The highest BCUT2D eigenvalue weighted by molar-refractivity contribution is 5.95. The van der Waals surface area contributed by atoms with E-state index in [0.717, 1.165) is 5.56 Å². The molecule has 3 rings (SSSR count). The van der Waals surface area contributed by atoms with E-state index in [-0.39, 0.29) is 18.9 Å². The van der Waals surface area contributed by atoms with Crippen molar-refractivity contribution in [3.05, 3.63) is 42.4 Å².